The van der Waals surface area contributed by atoms with Gasteiger partial charge in [0.2, 0.25) is 5.91 Å². The van der Waals surface area contributed by atoms with E-state index in [2.05, 4.69) is 6.58 Å². The lowest BCUT2D eigenvalue weighted by Crippen LogP contribution is -2.45. The first-order chi connectivity index (χ1) is 15.4. The second-order valence-electron chi connectivity index (χ2n) is 7.03. The van der Waals surface area contributed by atoms with E-state index in [1.54, 1.807) is 31.2 Å². The number of anilines is 1. The van der Waals surface area contributed by atoms with Crippen molar-refractivity contribution in [3.05, 3.63) is 72.3 Å². The summed E-state index contributed by atoms with van der Waals surface area (Å²) in [5.41, 5.74) is 0.972. The van der Waals surface area contributed by atoms with Crippen LogP contribution in [0.4, 0.5) is 5.69 Å². The molecule has 0 N–H and O–H groups in total. The first-order valence-corrected chi connectivity index (χ1v) is 10.1. The molecule has 1 aliphatic heterocycles. The number of carbonyl (C=O) groups is 4. The predicted molar refractivity (Wildman–Crippen MR) is 118 cm³/mol. The van der Waals surface area contributed by atoms with E-state index >= 15 is 0 Å². The Morgan fingerprint density at radius 3 is 2.50 bits per heavy atom. The van der Waals surface area contributed by atoms with Gasteiger partial charge in [-0.15, -0.1) is 6.58 Å². The molecule has 1 unspecified atom stereocenters. The van der Waals surface area contributed by atoms with Crippen molar-refractivity contribution in [1.82, 2.24) is 4.90 Å². The molecule has 0 aromatic heterocycles. The maximum Gasteiger partial charge on any atom is 0.338 e. The first kappa shape index (κ1) is 22.7. The third kappa shape index (κ3) is 4.54. The molecule has 1 fully saturated rings. The van der Waals surface area contributed by atoms with Gasteiger partial charge in [0.05, 0.1) is 31.4 Å². The van der Waals surface area contributed by atoms with E-state index in [9.17, 15) is 19.2 Å². The lowest BCUT2D eigenvalue weighted by molar-refractivity contribution is -0.122. The molecular formula is C24H24N2O6. The normalized spacial score (nSPS) is 15.4. The summed E-state index contributed by atoms with van der Waals surface area (Å²) in [6.45, 7) is 5.71. The van der Waals surface area contributed by atoms with Crippen molar-refractivity contribution >= 4 is 29.4 Å². The fourth-order valence-electron chi connectivity index (χ4n) is 3.50. The molecule has 3 amide bonds. The Hall–Kier alpha value is -3.94. The third-order valence-corrected chi connectivity index (χ3v) is 5.04. The molecule has 2 aromatic rings. The Kier molecular flexibility index (Phi) is 7.04. The highest BCUT2D eigenvalue weighted by Crippen LogP contribution is 2.27. The van der Waals surface area contributed by atoms with Crippen molar-refractivity contribution in [2.24, 2.45) is 0 Å². The number of benzene rings is 2. The second-order valence-corrected chi connectivity index (χ2v) is 7.03. The molecule has 0 aliphatic carbocycles. The van der Waals surface area contributed by atoms with Crippen LogP contribution in [-0.2, 0) is 14.3 Å². The molecule has 1 saturated heterocycles. The zero-order valence-electron chi connectivity index (χ0n) is 17.9. The summed E-state index contributed by atoms with van der Waals surface area (Å²) < 4.78 is 10.1. The molecule has 166 valence electrons. The van der Waals surface area contributed by atoms with Gasteiger partial charge in [-0.2, -0.15) is 0 Å². The molecule has 0 spiro atoms. The van der Waals surface area contributed by atoms with Crippen LogP contribution >= 0.6 is 0 Å². The molecule has 1 heterocycles. The van der Waals surface area contributed by atoms with Gasteiger partial charge in [0.1, 0.15) is 11.8 Å². The van der Waals surface area contributed by atoms with Crippen LogP contribution in [0.1, 0.15) is 34.1 Å². The zero-order chi connectivity index (χ0) is 23.3. The lowest BCUT2D eigenvalue weighted by Gasteiger charge is -2.26. The third-order valence-electron chi connectivity index (χ3n) is 5.04. The molecule has 0 radical (unpaired) electrons. The first-order valence-electron chi connectivity index (χ1n) is 10.1. The number of imide groups is 1. The molecule has 1 atom stereocenters. The van der Waals surface area contributed by atoms with Crippen molar-refractivity contribution in [1.29, 1.82) is 0 Å². The van der Waals surface area contributed by atoms with Gasteiger partial charge in [-0.1, -0.05) is 12.1 Å². The Balaban J connectivity index is 1.85. The number of amides is 3. The number of ether oxygens (including phenoxy) is 2. The van der Waals surface area contributed by atoms with E-state index in [-0.39, 0.29) is 19.6 Å². The zero-order valence-corrected chi connectivity index (χ0v) is 17.9. The highest BCUT2D eigenvalue weighted by atomic mass is 16.5. The average molecular weight is 436 g/mol. The van der Waals surface area contributed by atoms with Gasteiger partial charge in [0.15, 0.2) is 0 Å². The topological polar surface area (TPSA) is 93.2 Å². The van der Waals surface area contributed by atoms with Crippen molar-refractivity contribution in [3.63, 3.8) is 0 Å². The molecule has 0 bridgehead atoms. The summed E-state index contributed by atoms with van der Waals surface area (Å²) >= 11 is 0. The Morgan fingerprint density at radius 1 is 1.16 bits per heavy atom. The van der Waals surface area contributed by atoms with Crippen molar-refractivity contribution in [2.75, 3.05) is 25.2 Å². The molecule has 0 saturated carbocycles. The number of nitrogens with zero attached hydrogens (tertiary/aromatic N) is 2. The number of rotatable bonds is 8. The number of esters is 1. The van der Waals surface area contributed by atoms with Gasteiger partial charge >= 0.3 is 5.97 Å². The van der Waals surface area contributed by atoms with Crippen LogP contribution in [-0.4, -0.2) is 54.9 Å². The smallest absolute Gasteiger partial charge is 0.338 e. The molecule has 8 nitrogen and oxygen atoms in total. The second kappa shape index (κ2) is 9.91. The number of carbonyl (C=O) groups excluding carboxylic acids is 4. The van der Waals surface area contributed by atoms with Gasteiger partial charge in [-0.3, -0.25) is 14.4 Å². The minimum absolute atomic E-state index is 0.0926. The fourth-order valence-corrected chi connectivity index (χ4v) is 3.50. The van der Waals surface area contributed by atoms with E-state index in [1.807, 2.05) is 0 Å². The molecule has 8 heteroatoms. The molecule has 3 rings (SSSR count). The largest absolute Gasteiger partial charge is 0.497 e. The van der Waals surface area contributed by atoms with E-state index in [1.165, 1.54) is 42.4 Å². The maximum atomic E-state index is 13.2. The van der Waals surface area contributed by atoms with Crippen molar-refractivity contribution < 1.29 is 28.7 Å². The summed E-state index contributed by atoms with van der Waals surface area (Å²) in [5, 5.41) is 0. The quantitative estimate of drug-likeness (QED) is 0.359. The van der Waals surface area contributed by atoms with Crippen LogP contribution in [0.3, 0.4) is 0 Å². The van der Waals surface area contributed by atoms with E-state index < -0.39 is 29.7 Å². The van der Waals surface area contributed by atoms with E-state index in [0.717, 1.165) is 4.90 Å². The fraction of sp³-hybridized carbons (Fsp3) is 0.250. The highest BCUT2D eigenvalue weighted by molar-refractivity contribution is 6.23. The predicted octanol–water partition coefficient (Wildman–Crippen LogP) is 2.83. The van der Waals surface area contributed by atoms with Gasteiger partial charge in [-0.05, 0) is 49.4 Å². The summed E-state index contributed by atoms with van der Waals surface area (Å²) in [4.78, 5) is 53.3. The number of hydrogen-bond acceptors (Lipinski definition) is 6. The van der Waals surface area contributed by atoms with Crippen molar-refractivity contribution in [2.45, 2.75) is 19.4 Å². The van der Waals surface area contributed by atoms with Crippen LogP contribution in [0.2, 0.25) is 0 Å². The van der Waals surface area contributed by atoms with Crippen molar-refractivity contribution in [3.8, 4) is 5.75 Å². The van der Waals surface area contributed by atoms with Crippen LogP contribution in [0.5, 0.6) is 5.75 Å². The molecule has 1 aliphatic rings. The van der Waals surface area contributed by atoms with Gasteiger partial charge in [0.25, 0.3) is 11.8 Å². The summed E-state index contributed by atoms with van der Waals surface area (Å²) in [5.74, 6) is -1.34. The minimum atomic E-state index is -0.969. The van der Waals surface area contributed by atoms with Gasteiger partial charge < -0.3 is 14.4 Å². The average Bonchev–Trinajstić information content (AvgIpc) is 3.10. The standard InChI is InChI=1S/C24H24N2O6/c1-4-13-25(22(28)17-7-6-8-19(14-17)31-3)20-15-21(27)26(23(20)29)18-11-9-16(10-12-18)24(30)32-5-2/h4,6-12,14,20H,1,5,13,15H2,2-3H3. The Labute approximate surface area is 186 Å². The number of hydrogen-bond donors (Lipinski definition) is 0. The lowest BCUT2D eigenvalue weighted by atomic mass is 10.1. The van der Waals surface area contributed by atoms with Crippen LogP contribution < -0.4 is 9.64 Å². The van der Waals surface area contributed by atoms with Crippen LogP contribution in [0.25, 0.3) is 0 Å². The summed E-state index contributed by atoms with van der Waals surface area (Å²) in [6.07, 6.45) is 1.36. The Bertz CT molecular complexity index is 1050. The van der Waals surface area contributed by atoms with Gasteiger partial charge in [-0.25, -0.2) is 9.69 Å². The Morgan fingerprint density at radius 2 is 1.88 bits per heavy atom. The SMILES string of the molecule is C=CCN(C(=O)c1cccc(OC)c1)C1CC(=O)N(c2ccc(C(=O)OCC)cc2)C1=O. The summed E-state index contributed by atoms with van der Waals surface area (Å²) in [7, 11) is 1.50. The maximum absolute atomic E-state index is 13.2. The molecular weight excluding hydrogens is 412 g/mol. The monoisotopic (exact) mass is 436 g/mol. The van der Waals surface area contributed by atoms with E-state index in [0.29, 0.717) is 22.6 Å². The van der Waals surface area contributed by atoms with Gasteiger partial charge in [0, 0.05) is 12.1 Å². The van der Waals surface area contributed by atoms with Crippen LogP contribution in [0.15, 0.2) is 61.2 Å². The molecule has 2 aromatic carbocycles. The molecule has 32 heavy (non-hydrogen) atoms. The minimum Gasteiger partial charge on any atom is -0.497 e. The van der Waals surface area contributed by atoms with E-state index in [4.69, 9.17) is 9.47 Å². The van der Waals surface area contributed by atoms with Crippen LogP contribution in [0, 0.1) is 0 Å². The summed E-state index contributed by atoms with van der Waals surface area (Å²) in [6, 6.07) is 11.6. The number of methoxy groups -OCH3 is 1. The highest BCUT2D eigenvalue weighted by Gasteiger charge is 2.44.